The number of nitrogens with zero attached hydrogens (tertiary/aromatic N) is 2. The molecule has 150 valence electrons. The van der Waals surface area contributed by atoms with Gasteiger partial charge in [-0.1, -0.05) is 24.3 Å². The topological polar surface area (TPSA) is 40.6 Å². The smallest absolute Gasteiger partial charge is 0.346 e. The van der Waals surface area contributed by atoms with E-state index in [1.165, 1.54) is 17.4 Å². The van der Waals surface area contributed by atoms with Gasteiger partial charge in [0.15, 0.2) is 0 Å². The molecule has 0 saturated carbocycles. The molecule has 0 bridgehead atoms. The molecule has 0 aliphatic carbocycles. The molecule has 0 radical (unpaired) electrons. The van der Waals surface area contributed by atoms with Gasteiger partial charge in [-0.2, -0.15) is 13.2 Å². The summed E-state index contributed by atoms with van der Waals surface area (Å²) < 4.78 is 39.4. The monoisotopic (exact) mass is 410 g/mol. The molecule has 1 aliphatic rings. The Kier molecular flexibility index (Phi) is 5.79. The van der Waals surface area contributed by atoms with Gasteiger partial charge in [0.2, 0.25) is 5.91 Å². The molecular formula is C20H21F3N2O2S. The number of benzene rings is 1. The van der Waals surface area contributed by atoms with Crippen molar-refractivity contribution in [3.8, 4) is 0 Å². The van der Waals surface area contributed by atoms with E-state index in [-0.39, 0.29) is 24.9 Å². The van der Waals surface area contributed by atoms with Crippen LogP contribution in [0.15, 0.2) is 41.8 Å². The minimum atomic E-state index is -4.46. The first kappa shape index (κ1) is 20.4. The van der Waals surface area contributed by atoms with Gasteiger partial charge >= 0.3 is 6.18 Å². The average Bonchev–Trinajstić information content (AvgIpc) is 3.35. The fourth-order valence-electron chi connectivity index (χ4n) is 3.50. The Bertz CT molecular complexity index is 851. The van der Waals surface area contributed by atoms with Gasteiger partial charge in [0.05, 0.1) is 16.4 Å². The summed E-state index contributed by atoms with van der Waals surface area (Å²) in [5, 5.41) is 1.79. The van der Waals surface area contributed by atoms with E-state index in [1.807, 2.05) is 6.92 Å². The third kappa shape index (κ3) is 4.06. The molecule has 2 atom stereocenters. The van der Waals surface area contributed by atoms with Crippen LogP contribution in [0, 0.1) is 5.92 Å². The number of hydrogen-bond donors (Lipinski definition) is 0. The minimum Gasteiger partial charge on any atom is -0.346 e. The summed E-state index contributed by atoms with van der Waals surface area (Å²) in [6, 6.07) is 8.54. The predicted molar refractivity (Wildman–Crippen MR) is 101 cm³/mol. The molecule has 0 unspecified atom stereocenters. The van der Waals surface area contributed by atoms with E-state index in [4.69, 9.17) is 0 Å². The molecular weight excluding hydrogens is 389 g/mol. The van der Waals surface area contributed by atoms with Crippen LogP contribution in [0.2, 0.25) is 0 Å². The predicted octanol–water partition coefficient (Wildman–Crippen LogP) is 4.10. The van der Waals surface area contributed by atoms with Gasteiger partial charge in [-0.05, 0) is 30.0 Å². The van der Waals surface area contributed by atoms with Crippen LogP contribution in [0.5, 0.6) is 0 Å². The molecule has 0 spiro atoms. The number of rotatable bonds is 4. The first-order chi connectivity index (χ1) is 13.2. The maximum absolute atomic E-state index is 13.1. The second kappa shape index (κ2) is 7.95. The molecule has 1 aromatic carbocycles. The fraction of sp³-hybridized carbons (Fsp3) is 0.400. The summed E-state index contributed by atoms with van der Waals surface area (Å²) in [6.07, 6.45) is -4.46. The SMILES string of the molecule is CCN(C)C(=O)[C@H]1CN(C(=O)c2cccs2)C[C@H]1c1cccc(C(F)(F)F)c1. The number of thiophene rings is 1. The number of halogens is 3. The Morgan fingerprint density at radius 3 is 2.57 bits per heavy atom. The third-order valence-corrected chi connectivity index (χ3v) is 6.01. The van der Waals surface area contributed by atoms with E-state index < -0.39 is 23.6 Å². The summed E-state index contributed by atoms with van der Waals surface area (Å²) in [5.41, 5.74) is -0.317. The zero-order chi connectivity index (χ0) is 20.5. The van der Waals surface area contributed by atoms with Crippen molar-refractivity contribution in [2.24, 2.45) is 5.92 Å². The average molecular weight is 410 g/mol. The zero-order valence-corrected chi connectivity index (χ0v) is 16.4. The zero-order valence-electron chi connectivity index (χ0n) is 15.6. The van der Waals surface area contributed by atoms with Gasteiger partial charge in [-0.25, -0.2) is 0 Å². The van der Waals surface area contributed by atoms with Crippen LogP contribution in [0.4, 0.5) is 13.2 Å². The highest BCUT2D eigenvalue weighted by Gasteiger charge is 2.42. The van der Waals surface area contributed by atoms with Crippen LogP contribution in [0.1, 0.15) is 33.6 Å². The molecule has 1 aliphatic heterocycles. The second-order valence-corrected chi connectivity index (χ2v) is 7.82. The van der Waals surface area contributed by atoms with Gasteiger partial charge in [-0.3, -0.25) is 9.59 Å². The highest BCUT2D eigenvalue weighted by molar-refractivity contribution is 7.12. The quantitative estimate of drug-likeness (QED) is 0.762. The van der Waals surface area contributed by atoms with E-state index in [0.29, 0.717) is 17.0 Å². The molecule has 1 aromatic heterocycles. The summed E-state index contributed by atoms with van der Waals surface area (Å²) in [7, 11) is 1.66. The molecule has 1 fully saturated rings. The molecule has 0 N–H and O–H groups in total. The van der Waals surface area contributed by atoms with Gasteiger partial charge in [0.25, 0.3) is 5.91 Å². The minimum absolute atomic E-state index is 0.161. The van der Waals surface area contributed by atoms with Crippen LogP contribution in [-0.4, -0.2) is 48.3 Å². The first-order valence-corrected chi connectivity index (χ1v) is 9.85. The standard InChI is InChI=1S/C20H21F3N2O2S/c1-3-24(2)18(26)16-12-25(19(27)17-8-5-9-28-17)11-15(16)13-6-4-7-14(10-13)20(21,22)23/h4-10,15-16H,3,11-12H2,1-2H3/t15-,16-/m0/s1. The number of likely N-dealkylation sites (tertiary alicyclic amines) is 1. The number of alkyl halides is 3. The Hall–Kier alpha value is -2.35. The Labute approximate surface area is 165 Å². The summed E-state index contributed by atoms with van der Waals surface area (Å²) in [4.78, 5) is 29.3. The lowest BCUT2D eigenvalue weighted by Gasteiger charge is -2.23. The van der Waals surface area contributed by atoms with Crippen molar-refractivity contribution < 1.29 is 22.8 Å². The van der Waals surface area contributed by atoms with Gasteiger partial charge in [0.1, 0.15) is 0 Å². The molecule has 2 heterocycles. The lowest BCUT2D eigenvalue weighted by molar-refractivity contribution is -0.137. The van der Waals surface area contributed by atoms with E-state index in [1.54, 1.807) is 40.4 Å². The highest BCUT2D eigenvalue weighted by atomic mass is 32.1. The van der Waals surface area contributed by atoms with Crippen LogP contribution >= 0.6 is 11.3 Å². The summed E-state index contributed by atoms with van der Waals surface area (Å²) in [6.45, 7) is 2.73. The van der Waals surface area contributed by atoms with Crippen LogP contribution in [0.25, 0.3) is 0 Å². The van der Waals surface area contributed by atoms with Gasteiger partial charge < -0.3 is 9.80 Å². The number of amides is 2. The van der Waals surface area contributed by atoms with Crippen molar-refractivity contribution in [2.45, 2.75) is 19.0 Å². The van der Waals surface area contributed by atoms with Gasteiger partial charge in [0, 0.05) is 32.6 Å². The number of carbonyl (C=O) groups is 2. The maximum Gasteiger partial charge on any atom is 0.416 e. The Morgan fingerprint density at radius 1 is 1.21 bits per heavy atom. The van der Waals surface area contributed by atoms with Crippen LogP contribution in [0.3, 0.4) is 0 Å². The Morgan fingerprint density at radius 2 is 1.96 bits per heavy atom. The lowest BCUT2D eigenvalue weighted by Crippen LogP contribution is -2.36. The van der Waals surface area contributed by atoms with E-state index in [9.17, 15) is 22.8 Å². The highest BCUT2D eigenvalue weighted by Crippen LogP contribution is 2.37. The summed E-state index contributed by atoms with van der Waals surface area (Å²) >= 11 is 1.31. The number of hydrogen-bond acceptors (Lipinski definition) is 3. The van der Waals surface area contributed by atoms with E-state index in [2.05, 4.69) is 0 Å². The molecule has 2 aromatic rings. The van der Waals surface area contributed by atoms with E-state index in [0.717, 1.165) is 12.1 Å². The van der Waals surface area contributed by atoms with Crippen LogP contribution < -0.4 is 0 Å². The second-order valence-electron chi connectivity index (χ2n) is 6.88. The maximum atomic E-state index is 13.1. The number of carbonyl (C=O) groups excluding carboxylic acids is 2. The molecule has 3 rings (SSSR count). The lowest BCUT2D eigenvalue weighted by atomic mass is 9.87. The molecule has 8 heteroatoms. The van der Waals surface area contributed by atoms with Crippen molar-refractivity contribution in [2.75, 3.05) is 26.7 Å². The fourth-order valence-corrected chi connectivity index (χ4v) is 4.19. The Balaban J connectivity index is 1.94. The van der Waals surface area contributed by atoms with Crippen LogP contribution in [-0.2, 0) is 11.0 Å². The molecule has 4 nitrogen and oxygen atoms in total. The third-order valence-electron chi connectivity index (χ3n) is 5.15. The largest absolute Gasteiger partial charge is 0.416 e. The molecule has 28 heavy (non-hydrogen) atoms. The summed E-state index contributed by atoms with van der Waals surface area (Å²) in [5.74, 6) is -1.40. The van der Waals surface area contributed by atoms with Crippen molar-refractivity contribution in [1.82, 2.24) is 9.80 Å². The van der Waals surface area contributed by atoms with Gasteiger partial charge in [-0.15, -0.1) is 11.3 Å². The normalized spacial score (nSPS) is 19.7. The van der Waals surface area contributed by atoms with Crippen molar-refractivity contribution in [3.63, 3.8) is 0 Å². The molecule has 1 saturated heterocycles. The first-order valence-electron chi connectivity index (χ1n) is 8.97. The van der Waals surface area contributed by atoms with Crippen molar-refractivity contribution in [3.05, 3.63) is 57.8 Å². The van der Waals surface area contributed by atoms with Crippen molar-refractivity contribution in [1.29, 1.82) is 0 Å². The van der Waals surface area contributed by atoms with E-state index >= 15 is 0 Å². The van der Waals surface area contributed by atoms with Crippen molar-refractivity contribution >= 4 is 23.2 Å². The molecule has 2 amide bonds.